The van der Waals surface area contributed by atoms with Crippen LogP contribution in [0.5, 0.6) is 5.75 Å². The SMILES string of the molecule is CC(C)OC(=O)NC(Oc1ccc(C=O)cc1)C(Cl)(Cl)Cl. The first-order chi connectivity index (χ1) is 9.72. The van der Waals surface area contributed by atoms with Crippen LogP contribution in [-0.2, 0) is 4.74 Å². The summed E-state index contributed by atoms with van der Waals surface area (Å²) >= 11 is 17.3. The molecule has 1 N–H and O–H groups in total. The highest BCUT2D eigenvalue weighted by atomic mass is 35.6. The lowest BCUT2D eigenvalue weighted by atomic mass is 10.2. The first-order valence-electron chi connectivity index (χ1n) is 5.98. The third-order valence-corrected chi connectivity index (χ3v) is 2.75. The van der Waals surface area contributed by atoms with Gasteiger partial charge in [0.1, 0.15) is 12.0 Å². The van der Waals surface area contributed by atoms with Crippen LogP contribution in [0.15, 0.2) is 24.3 Å². The minimum atomic E-state index is -1.90. The third-order valence-electron chi connectivity index (χ3n) is 2.16. The van der Waals surface area contributed by atoms with Crippen LogP contribution in [0.1, 0.15) is 24.2 Å². The van der Waals surface area contributed by atoms with Gasteiger partial charge in [0, 0.05) is 5.56 Å². The van der Waals surface area contributed by atoms with Gasteiger partial charge in [0.15, 0.2) is 0 Å². The maximum absolute atomic E-state index is 11.6. The number of carbonyl (C=O) groups excluding carboxylic acids is 2. The van der Waals surface area contributed by atoms with Crippen LogP contribution < -0.4 is 10.1 Å². The van der Waals surface area contributed by atoms with Crippen LogP contribution in [-0.4, -0.2) is 28.5 Å². The van der Waals surface area contributed by atoms with E-state index in [1.165, 1.54) is 24.3 Å². The average Bonchev–Trinajstić information content (AvgIpc) is 2.36. The molecule has 116 valence electrons. The zero-order valence-corrected chi connectivity index (χ0v) is 13.6. The molecule has 0 radical (unpaired) electrons. The fourth-order valence-corrected chi connectivity index (χ4v) is 1.59. The second-order valence-corrected chi connectivity index (χ2v) is 6.69. The summed E-state index contributed by atoms with van der Waals surface area (Å²) in [7, 11) is 0. The van der Waals surface area contributed by atoms with Crippen LogP contribution in [0.3, 0.4) is 0 Å². The van der Waals surface area contributed by atoms with Gasteiger partial charge in [0.05, 0.1) is 6.10 Å². The monoisotopic (exact) mass is 353 g/mol. The Hall–Kier alpha value is -1.17. The van der Waals surface area contributed by atoms with Gasteiger partial charge in [-0.3, -0.25) is 10.1 Å². The Morgan fingerprint density at radius 3 is 2.24 bits per heavy atom. The maximum Gasteiger partial charge on any atom is 0.410 e. The molecule has 0 spiro atoms. The van der Waals surface area contributed by atoms with Crippen molar-refractivity contribution >= 4 is 47.2 Å². The highest BCUT2D eigenvalue weighted by Gasteiger charge is 2.36. The molecule has 0 aliphatic heterocycles. The minimum absolute atomic E-state index is 0.321. The molecule has 0 saturated heterocycles. The minimum Gasteiger partial charge on any atom is -0.466 e. The number of alkyl carbamates (subject to hydrolysis) is 1. The Morgan fingerprint density at radius 1 is 1.24 bits per heavy atom. The molecule has 1 amide bonds. The van der Waals surface area contributed by atoms with Crippen molar-refractivity contribution in [2.45, 2.75) is 30.0 Å². The molecule has 0 heterocycles. The lowest BCUT2D eigenvalue weighted by Gasteiger charge is -2.26. The Kier molecular flexibility index (Phi) is 6.58. The lowest BCUT2D eigenvalue weighted by Crippen LogP contribution is -2.48. The van der Waals surface area contributed by atoms with Gasteiger partial charge < -0.3 is 9.47 Å². The summed E-state index contributed by atoms with van der Waals surface area (Å²) in [5.41, 5.74) is 0.472. The van der Waals surface area contributed by atoms with Crippen LogP contribution in [0.4, 0.5) is 4.79 Å². The maximum atomic E-state index is 11.6. The molecule has 1 aromatic rings. The van der Waals surface area contributed by atoms with Crippen molar-refractivity contribution in [1.82, 2.24) is 5.32 Å². The van der Waals surface area contributed by atoms with Gasteiger partial charge in [0.25, 0.3) is 0 Å². The van der Waals surface area contributed by atoms with Crippen molar-refractivity contribution in [1.29, 1.82) is 0 Å². The molecule has 0 aromatic heterocycles. The highest BCUT2D eigenvalue weighted by Crippen LogP contribution is 2.32. The Labute approximate surface area is 137 Å². The predicted octanol–water partition coefficient (Wildman–Crippen LogP) is 3.71. The lowest BCUT2D eigenvalue weighted by molar-refractivity contribution is 0.0899. The molecule has 0 aliphatic carbocycles. The third kappa shape index (κ3) is 6.42. The first-order valence-corrected chi connectivity index (χ1v) is 7.11. The molecule has 8 heteroatoms. The van der Waals surface area contributed by atoms with Crippen molar-refractivity contribution in [2.75, 3.05) is 0 Å². The van der Waals surface area contributed by atoms with E-state index in [1.807, 2.05) is 0 Å². The van der Waals surface area contributed by atoms with E-state index >= 15 is 0 Å². The van der Waals surface area contributed by atoms with Gasteiger partial charge in [0.2, 0.25) is 10.0 Å². The first kappa shape index (κ1) is 17.9. The smallest absolute Gasteiger partial charge is 0.410 e. The molecule has 0 aliphatic rings. The fraction of sp³-hybridized carbons (Fsp3) is 0.385. The fourth-order valence-electron chi connectivity index (χ4n) is 1.29. The van der Waals surface area contributed by atoms with Crippen molar-refractivity contribution in [3.05, 3.63) is 29.8 Å². The summed E-state index contributed by atoms with van der Waals surface area (Å²) in [4.78, 5) is 22.1. The van der Waals surface area contributed by atoms with Gasteiger partial charge >= 0.3 is 6.09 Å². The highest BCUT2D eigenvalue weighted by molar-refractivity contribution is 6.68. The molecule has 0 saturated carbocycles. The van der Waals surface area contributed by atoms with E-state index in [0.29, 0.717) is 17.6 Å². The molecule has 21 heavy (non-hydrogen) atoms. The summed E-state index contributed by atoms with van der Waals surface area (Å²) in [6.07, 6.45) is -1.66. The number of alkyl halides is 3. The Morgan fingerprint density at radius 2 is 1.81 bits per heavy atom. The van der Waals surface area contributed by atoms with Crippen molar-refractivity contribution in [2.24, 2.45) is 0 Å². The van der Waals surface area contributed by atoms with Crippen LogP contribution >= 0.6 is 34.8 Å². The summed E-state index contributed by atoms with van der Waals surface area (Å²) in [5, 5.41) is 2.32. The van der Waals surface area contributed by atoms with Gasteiger partial charge in [-0.1, -0.05) is 34.8 Å². The standard InChI is InChI=1S/C13H14Cl3NO4/c1-8(2)20-12(19)17-11(13(14,15)16)21-10-5-3-9(7-18)4-6-10/h3-8,11H,1-2H3,(H,17,19). The van der Waals surface area contributed by atoms with E-state index in [0.717, 1.165) is 0 Å². The largest absolute Gasteiger partial charge is 0.466 e. The Bertz CT molecular complexity index is 485. The van der Waals surface area contributed by atoms with Gasteiger partial charge in [-0.2, -0.15) is 0 Å². The van der Waals surface area contributed by atoms with Crippen LogP contribution in [0.25, 0.3) is 0 Å². The van der Waals surface area contributed by atoms with Gasteiger partial charge in [-0.25, -0.2) is 4.79 Å². The Balaban J connectivity index is 2.78. The normalized spacial score (nSPS) is 12.7. The van der Waals surface area contributed by atoms with Crippen LogP contribution in [0, 0.1) is 0 Å². The number of ether oxygens (including phenoxy) is 2. The summed E-state index contributed by atoms with van der Waals surface area (Å²) < 4.78 is 8.40. The van der Waals surface area contributed by atoms with E-state index in [-0.39, 0.29) is 6.10 Å². The molecule has 0 fully saturated rings. The molecule has 1 rings (SSSR count). The number of hydrogen-bond donors (Lipinski definition) is 1. The molecular weight excluding hydrogens is 341 g/mol. The number of hydrogen-bond acceptors (Lipinski definition) is 4. The quantitative estimate of drug-likeness (QED) is 0.497. The van der Waals surface area contributed by atoms with Crippen molar-refractivity contribution < 1.29 is 19.1 Å². The average molecular weight is 355 g/mol. The number of halogens is 3. The number of nitrogens with one attached hydrogen (secondary N) is 1. The molecule has 0 bridgehead atoms. The number of benzene rings is 1. The number of carbonyl (C=O) groups is 2. The summed E-state index contributed by atoms with van der Waals surface area (Å²) in [5.74, 6) is 0.321. The zero-order chi connectivity index (χ0) is 16.0. The number of aldehydes is 1. The van der Waals surface area contributed by atoms with E-state index in [2.05, 4.69) is 5.32 Å². The number of amides is 1. The van der Waals surface area contributed by atoms with E-state index in [4.69, 9.17) is 44.3 Å². The second kappa shape index (κ2) is 7.73. The van der Waals surface area contributed by atoms with E-state index in [9.17, 15) is 9.59 Å². The molecular formula is C13H14Cl3NO4. The van der Waals surface area contributed by atoms with E-state index in [1.54, 1.807) is 13.8 Å². The summed E-state index contributed by atoms with van der Waals surface area (Å²) in [6, 6.07) is 6.10. The topological polar surface area (TPSA) is 64.6 Å². The second-order valence-electron chi connectivity index (χ2n) is 4.32. The molecule has 1 unspecified atom stereocenters. The van der Waals surface area contributed by atoms with Gasteiger partial charge in [-0.05, 0) is 38.1 Å². The zero-order valence-electron chi connectivity index (χ0n) is 11.3. The molecule has 1 atom stereocenters. The molecule has 1 aromatic carbocycles. The van der Waals surface area contributed by atoms with E-state index < -0.39 is 16.1 Å². The summed E-state index contributed by atoms with van der Waals surface area (Å²) in [6.45, 7) is 3.37. The molecule has 5 nitrogen and oxygen atoms in total. The van der Waals surface area contributed by atoms with Crippen molar-refractivity contribution in [3.8, 4) is 5.75 Å². The van der Waals surface area contributed by atoms with Crippen molar-refractivity contribution in [3.63, 3.8) is 0 Å². The number of rotatable bonds is 5. The van der Waals surface area contributed by atoms with Gasteiger partial charge in [-0.15, -0.1) is 0 Å². The predicted molar refractivity (Wildman–Crippen MR) is 81.3 cm³/mol. The van der Waals surface area contributed by atoms with Crippen LogP contribution in [0.2, 0.25) is 0 Å².